The van der Waals surface area contributed by atoms with Gasteiger partial charge in [-0.1, -0.05) is 20.8 Å². The molecule has 0 heterocycles. The van der Waals surface area contributed by atoms with Gasteiger partial charge in [-0.25, -0.2) is 0 Å². The third-order valence-corrected chi connectivity index (χ3v) is 10.7. The minimum Gasteiger partial charge on any atom is -0.481 e. The van der Waals surface area contributed by atoms with E-state index >= 15 is 0 Å². The Labute approximate surface area is 171 Å². The first kappa shape index (κ1) is 20.1. The normalized spacial score (nSPS) is 50.4. The van der Waals surface area contributed by atoms with Crippen LogP contribution in [0.1, 0.15) is 91.4 Å². The van der Waals surface area contributed by atoms with Gasteiger partial charge in [0.1, 0.15) is 0 Å². The van der Waals surface area contributed by atoms with E-state index in [0.29, 0.717) is 28.4 Å². The quantitative estimate of drug-likeness (QED) is 0.540. The Morgan fingerprint density at radius 1 is 1.04 bits per heavy atom. The topological polar surface area (TPSA) is 37.3 Å². The third-order valence-electron chi connectivity index (χ3n) is 10.2. The van der Waals surface area contributed by atoms with Crippen LogP contribution in [0.25, 0.3) is 0 Å². The van der Waals surface area contributed by atoms with Crippen LogP contribution in [0.2, 0.25) is 0 Å². The number of carboxylic acid groups (broad SMARTS) is 1. The monoisotopic (exact) mass is 392 g/mol. The van der Waals surface area contributed by atoms with Crippen molar-refractivity contribution in [3.8, 4) is 0 Å². The molecule has 0 aliphatic heterocycles. The molecule has 0 aromatic carbocycles. The minimum atomic E-state index is -0.628. The van der Waals surface area contributed by atoms with Gasteiger partial charge in [0.15, 0.2) is 0 Å². The van der Waals surface area contributed by atoms with Gasteiger partial charge in [0, 0.05) is 11.7 Å². The molecule has 0 bridgehead atoms. The average Bonchev–Trinajstić information content (AvgIpc) is 2.97. The van der Waals surface area contributed by atoms with Gasteiger partial charge in [0.2, 0.25) is 0 Å². The lowest BCUT2D eigenvalue weighted by atomic mass is 9.44. The van der Waals surface area contributed by atoms with Crippen LogP contribution in [0.15, 0.2) is 0 Å². The smallest absolute Gasteiger partial charge is 0.303 e. The summed E-state index contributed by atoms with van der Waals surface area (Å²) in [7, 11) is 0. The molecule has 9 atom stereocenters. The summed E-state index contributed by atoms with van der Waals surface area (Å²) in [6.45, 7) is 7.56. The Balaban J connectivity index is 1.51. The summed E-state index contributed by atoms with van der Waals surface area (Å²) in [5, 5.41) is 9.75. The van der Waals surface area contributed by atoms with Crippen LogP contribution >= 0.6 is 12.6 Å². The molecule has 154 valence electrons. The van der Waals surface area contributed by atoms with Crippen molar-refractivity contribution < 1.29 is 9.90 Å². The van der Waals surface area contributed by atoms with Gasteiger partial charge in [-0.15, -0.1) is 0 Å². The van der Waals surface area contributed by atoms with E-state index in [-0.39, 0.29) is 0 Å². The Bertz CT molecular complexity index is 577. The van der Waals surface area contributed by atoms with Crippen molar-refractivity contribution in [1.29, 1.82) is 0 Å². The highest BCUT2D eigenvalue weighted by Gasteiger charge is 2.60. The summed E-state index contributed by atoms with van der Waals surface area (Å²) in [5.74, 6) is 4.32. The van der Waals surface area contributed by atoms with E-state index in [1.807, 2.05) is 0 Å². The molecule has 4 aliphatic rings. The zero-order valence-electron chi connectivity index (χ0n) is 17.6. The second-order valence-electron chi connectivity index (χ2n) is 11.2. The van der Waals surface area contributed by atoms with Crippen molar-refractivity contribution in [1.82, 2.24) is 0 Å². The standard InChI is InChI=1S/C24H40O2S/c1-15(4-9-22(25)26)19-7-8-20-18-6-5-16-14-17(27)10-12-23(16,2)21(18)11-13-24(19,20)3/h15-21,27H,4-14H2,1-3H3,(H,25,26)/t15-,16-,17+,18+,19-,20+,21+,23+,24-/m1/s1. The first-order valence-electron chi connectivity index (χ1n) is 11.7. The molecule has 0 radical (unpaired) electrons. The van der Waals surface area contributed by atoms with Gasteiger partial charge in [0.05, 0.1) is 0 Å². The molecule has 4 fully saturated rings. The number of rotatable bonds is 4. The van der Waals surface area contributed by atoms with Crippen molar-refractivity contribution in [3.05, 3.63) is 0 Å². The maximum absolute atomic E-state index is 11.1. The Morgan fingerprint density at radius 3 is 2.48 bits per heavy atom. The molecule has 27 heavy (non-hydrogen) atoms. The summed E-state index contributed by atoms with van der Waals surface area (Å²) in [5.41, 5.74) is 1.03. The van der Waals surface area contributed by atoms with Crippen LogP contribution in [0.3, 0.4) is 0 Å². The lowest BCUT2D eigenvalue weighted by Crippen LogP contribution is -2.53. The van der Waals surface area contributed by atoms with E-state index in [2.05, 4.69) is 20.8 Å². The molecule has 0 saturated heterocycles. The van der Waals surface area contributed by atoms with Crippen molar-refractivity contribution in [2.24, 2.45) is 46.3 Å². The minimum absolute atomic E-state index is 0.342. The molecule has 0 aromatic heterocycles. The molecule has 0 spiro atoms. The van der Waals surface area contributed by atoms with Gasteiger partial charge in [-0.3, -0.25) is 4.79 Å². The molecule has 2 nitrogen and oxygen atoms in total. The molecular weight excluding hydrogens is 352 g/mol. The SMILES string of the molecule is C[C@H](CCC(=O)O)[C@H]1CC[C@H]2[C@@H]3CC[C@@H]4C[C@@H](S)CC[C@]4(C)[C@H]3CC[C@]12C. The molecule has 4 aliphatic carbocycles. The number of hydrogen-bond donors (Lipinski definition) is 2. The molecule has 3 heteroatoms. The molecule has 0 amide bonds. The predicted octanol–water partition coefficient (Wildman–Crippen LogP) is 6.44. The number of carbonyl (C=O) groups is 1. The van der Waals surface area contributed by atoms with Crippen molar-refractivity contribution in [3.63, 3.8) is 0 Å². The third kappa shape index (κ3) is 3.28. The molecular formula is C24H40O2S. The zero-order valence-corrected chi connectivity index (χ0v) is 18.5. The molecule has 4 saturated carbocycles. The van der Waals surface area contributed by atoms with Gasteiger partial charge >= 0.3 is 5.97 Å². The first-order valence-corrected chi connectivity index (χ1v) is 12.2. The largest absolute Gasteiger partial charge is 0.481 e. The van der Waals surface area contributed by atoms with Crippen LogP contribution in [-0.4, -0.2) is 16.3 Å². The molecule has 1 N–H and O–H groups in total. The second-order valence-corrected chi connectivity index (χ2v) is 12.0. The average molecular weight is 393 g/mol. The maximum atomic E-state index is 11.1. The maximum Gasteiger partial charge on any atom is 0.303 e. The summed E-state index contributed by atoms with van der Waals surface area (Å²) in [6, 6.07) is 0. The highest BCUT2D eigenvalue weighted by Crippen LogP contribution is 2.68. The van der Waals surface area contributed by atoms with E-state index in [0.717, 1.165) is 36.0 Å². The van der Waals surface area contributed by atoms with E-state index in [1.165, 1.54) is 57.8 Å². The van der Waals surface area contributed by atoms with Crippen LogP contribution in [0.5, 0.6) is 0 Å². The van der Waals surface area contributed by atoms with Gasteiger partial charge in [-0.05, 0) is 111 Å². The van der Waals surface area contributed by atoms with E-state index in [1.54, 1.807) is 0 Å². The Morgan fingerprint density at radius 2 is 1.74 bits per heavy atom. The molecule has 4 rings (SSSR count). The van der Waals surface area contributed by atoms with Gasteiger partial charge in [-0.2, -0.15) is 12.6 Å². The van der Waals surface area contributed by atoms with Crippen LogP contribution in [0, 0.1) is 46.3 Å². The fraction of sp³-hybridized carbons (Fsp3) is 0.958. The number of aliphatic carboxylic acids is 1. The summed E-state index contributed by atoms with van der Waals surface area (Å²) in [4.78, 5) is 11.1. The second kappa shape index (κ2) is 7.26. The van der Waals surface area contributed by atoms with Gasteiger partial charge in [0.25, 0.3) is 0 Å². The fourth-order valence-corrected chi connectivity index (χ4v) is 9.15. The van der Waals surface area contributed by atoms with E-state index in [9.17, 15) is 4.79 Å². The number of hydrogen-bond acceptors (Lipinski definition) is 2. The van der Waals surface area contributed by atoms with E-state index < -0.39 is 5.97 Å². The highest BCUT2D eigenvalue weighted by molar-refractivity contribution is 7.80. The number of fused-ring (bicyclic) bond motifs is 5. The fourth-order valence-electron chi connectivity index (χ4n) is 8.76. The van der Waals surface area contributed by atoms with Crippen LogP contribution < -0.4 is 0 Å². The zero-order chi connectivity index (χ0) is 19.4. The lowest BCUT2D eigenvalue weighted by molar-refractivity contribution is -0.137. The highest BCUT2D eigenvalue weighted by atomic mass is 32.1. The Kier molecular flexibility index (Phi) is 5.40. The van der Waals surface area contributed by atoms with Crippen molar-refractivity contribution in [2.75, 3.05) is 0 Å². The first-order chi connectivity index (χ1) is 12.8. The summed E-state index contributed by atoms with van der Waals surface area (Å²) >= 11 is 4.83. The Hall–Kier alpha value is -0.180. The lowest BCUT2D eigenvalue weighted by Gasteiger charge is -2.61. The molecule has 0 aromatic rings. The number of carboxylic acids is 1. The van der Waals surface area contributed by atoms with E-state index in [4.69, 9.17) is 17.7 Å². The summed E-state index contributed by atoms with van der Waals surface area (Å²) < 4.78 is 0. The van der Waals surface area contributed by atoms with Crippen molar-refractivity contribution >= 4 is 18.6 Å². The van der Waals surface area contributed by atoms with Crippen LogP contribution in [0.4, 0.5) is 0 Å². The van der Waals surface area contributed by atoms with Crippen molar-refractivity contribution in [2.45, 2.75) is 96.7 Å². The predicted molar refractivity (Wildman–Crippen MR) is 114 cm³/mol. The summed E-state index contributed by atoms with van der Waals surface area (Å²) in [6.07, 6.45) is 13.7. The van der Waals surface area contributed by atoms with Gasteiger partial charge < -0.3 is 5.11 Å². The van der Waals surface area contributed by atoms with Crippen LogP contribution in [-0.2, 0) is 4.79 Å². The number of thiol groups is 1. The molecule has 0 unspecified atom stereocenters.